The SMILES string of the molecule is CCOc1ncc(C)c2c1C(c1ccc(C#N)cc1OC)C(C(=O)OC(=O)OCc1ccccc1)=C(C)N2. The van der Waals surface area contributed by atoms with E-state index in [-0.39, 0.29) is 12.2 Å². The predicted molar refractivity (Wildman–Crippen MR) is 139 cm³/mol. The third-order valence-electron chi connectivity index (χ3n) is 6.11. The highest BCUT2D eigenvalue weighted by Gasteiger charge is 2.39. The average Bonchev–Trinajstić information content (AvgIpc) is 2.93. The molecule has 1 atom stereocenters. The maximum Gasteiger partial charge on any atom is 0.516 e. The van der Waals surface area contributed by atoms with E-state index in [0.29, 0.717) is 40.6 Å². The van der Waals surface area contributed by atoms with Gasteiger partial charge in [-0.3, -0.25) is 0 Å². The summed E-state index contributed by atoms with van der Waals surface area (Å²) in [5, 5.41) is 12.7. The quantitative estimate of drug-likeness (QED) is 0.328. The molecular formula is C29H27N3O6. The van der Waals surface area contributed by atoms with Crippen LogP contribution < -0.4 is 14.8 Å². The van der Waals surface area contributed by atoms with Gasteiger partial charge in [-0.1, -0.05) is 36.4 Å². The van der Waals surface area contributed by atoms with Crippen LogP contribution in [0.4, 0.5) is 10.5 Å². The largest absolute Gasteiger partial charge is 0.516 e. The Morgan fingerprint density at radius 1 is 1.13 bits per heavy atom. The monoisotopic (exact) mass is 513 g/mol. The van der Waals surface area contributed by atoms with E-state index < -0.39 is 18.0 Å². The summed E-state index contributed by atoms with van der Waals surface area (Å²) in [6.07, 6.45) is 0.560. The van der Waals surface area contributed by atoms with Crippen LogP contribution >= 0.6 is 0 Å². The molecule has 3 aromatic rings. The summed E-state index contributed by atoms with van der Waals surface area (Å²) >= 11 is 0. The van der Waals surface area contributed by atoms with E-state index in [9.17, 15) is 14.9 Å². The third kappa shape index (κ3) is 5.30. The molecule has 194 valence electrons. The molecule has 0 aliphatic carbocycles. The van der Waals surface area contributed by atoms with Gasteiger partial charge in [-0.05, 0) is 44.0 Å². The maximum absolute atomic E-state index is 13.5. The average molecular weight is 514 g/mol. The highest BCUT2D eigenvalue weighted by atomic mass is 16.7. The molecule has 1 aliphatic heterocycles. The number of hydrogen-bond donors (Lipinski definition) is 1. The van der Waals surface area contributed by atoms with Gasteiger partial charge in [-0.25, -0.2) is 14.6 Å². The van der Waals surface area contributed by atoms with Crippen LogP contribution in [0.25, 0.3) is 0 Å². The number of pyridine rings is 1. The van der Waals surface area contributed by atoms with Crippen molar-refractivity contribution in [1.29, 1.82) is 5.26 Å². The lowest BCUT2D eigenvalue weighted by Gasteiger charge is -2.32. The zero-order chi connectivity index (χ0) is 27.2. The summed E-state index contributed by atoms with van der Waals surface area (Å²) in [4.78, 5) is 30.5. The van der Waals surface area contributed by atoms with Crippen molar-refractivity contribution in [2.45, 2.75) is 33.3 Å². The lowest BCUT2D eigenvalue weighted by atomic mass is 9.79. The molecule has 0 saturated carbocycles. The van der Waals surface area contributed by atoms with Gasteiger partial charge in [0.25, 0.3) is 0 Å². The lowest BCUT2D eigenvalue weighted by molar-refractivity contribution is -0.135. The number of aryl methyl sites for hydroxylation is 1. The van der Waals surface area contributed by atoms with Crippen LogP contribution in [0.1, 0.15) is 47.6 Å². The molecular weight excluding hydrogens is 486 g/mol. The van der Waals surface area contributed by atoms with Gasteiger partial charge in [0.2, 0.25) is 5.88 Å². The van der Waals surface area contributed by atoms with Crippen LogP contribution in [0.3, 0.4) is 0 Å². The Hall–Kier alpha value is -4.84. The van der Waals surface area contributed by atoms with E-state index in [4.69, 9.17) is 18.9 Å². The van der Waals surface area contributed by atoms with Crippen molar-refractivity contribution >= 4 is 17.8 Å². The number of hydrogen-bond acceptors (Lipinski definition) is 9. The summed E-state index contributed by atoms with van der Waals surface area (Å²) < 4.78 is 21.8. The Labute approximate surface area is 220 Å². The van der Waals surface area contributed by atoms with Gasteiger partial charge in [0.1, 0.15) is 12.4 Å². The molecule has 0 amide bonds. The molecule has 9 nitrogen and oxygen atoms in total. The predicted octanol–water partition coefficient (Wildman–Crippen LogP) is 5.38. The van der Waals surface area contributed by atoms with Crippen molar-refractivity contribution in [2.24, 2.45) is 0 Å². The minimum atomic E-state index is -1.12. The molecule has 1 aromatic heterocycles. The van der Waals surface area contributed by atoms with Crippen LogP contribution in [0, 0.1) is 18.3 Å². The summed E-state index contributed by atoms with van der Waals surface area (Å²) in [5.41, 5.74) is 4.49. The molecule has 2 aromatic carbocycles. The van der Waals surface area contributed by atoms with E-state index in [2.05, 4.69) is 16.4 Å². The zero-order valence-corrected chi connectivity index (χ0v) is 21.5. The number of nitrogens with one attached hydrogen (secondary N) is 1. The number of aromatic nitrogens is 1. The Kier molecular flexibility index (Phi) is 7.92. The van der Waals surface area contributed by atoms with Gasteiger partial charge < -0.3 is 24.3 Å². The first-order valence-corrected chi connectivity index (χ1v) is 12.0. The Balaban J connectivity index is 1.77. The molecule has 2 heterocycles. The number of methoxy groups -OCH3 is 1. The molecule has 0 bridgehead atoms. The fraction of sp³-hybridized carbons (Fsp3) is 0.241. The highest BCUT2D eigenvalue weighted by Crippen LogP contribution is 2.49. The summed E-state index contributed by atoms with van der Waals surface area (Å²) in [7, 11) is 1.48. The molecule has 4 rings (SSSR count). The van der Waals surface area contributed by atoms with Crippen LogP contribution in [0.5, 0.6) is 11.6 Å². The normalized spacial score (nSPS) is 14.0. The van der Waals surface area contributed by atoms with E-state index >= 15 is 0 Å². The third-order valence-corrected chi connectivity index (χ3v) is 6.11. The number of allylic oxidation sites excluding steroid dienone is 1. The summed E-state index contributed by atoms with van der Waals surface area (Å²) in [6, 6.07) is 16.1. The van der Waals surface area contributed by atoms with Gasteiger partial charge >= 0.3 is 12.1 Å². The fourth-order valence-electron chi connectivity index (χ4n) is 4.39. The molecule has 38 heavy (non-hydrogen) atoms. The Bertz CT molecular complexity index is 1440. The van der Waals surface area contributed by atoms with Crippen molar-refractivity contribution in [3.05, 3.63) is 93.8 Å². The van der Waals surface area contributed by atoms with E-state index in [1.165, 1.54) is 7.11 Å². The lowest BCUT2D eigenvalue weighted by Crippen LogP contribution is -2.27. The fourth-order valence-corrected chi connectivity index (χ4v) is 4.39. The van der Waals surface area contributed by atoms with Crippen molar-refractivity contribution in [3.8, 4) is 17.7 Å². The van der Waals surface area contributed by atoms with Crippen molar-refractivity contribution in [1.82, 2.24) is 4.98 Å². The van der Waals surface area contributed by atoms with E-state index in [1.54, 1.807) is 43.5 Å². The number of carbonyl (C=O) groups is 2. The summed E-state index contributed by atoms with van der Waals surface area (Å²) in [5.74, 6) is -0.964. The van der Waals surface area contributed by atoms with Crippen molar-refractivity contribution < 1.29 is 28.5 Å². The molecule has 1 unspecified atom stereocenters. The summed E-state index contributed by atoms with van der Waals surface area (Å²) in [6.45, 7) is 5.74. The standard InChI is InChI=1S/C29H27N3O6/c1-5-36-27-25-24(21-12-11-20(14-30)13-22(21)35-4)23(18(3)32-26(25)17(2)15-31-27)28(33)38-29(34)37-16-19-9-7-6-8-10-19/h6-13,15,24,32H,5,16H2,1-4H3. The Morgan fingerprint density at radius 2 is 1.89 bits per heavy atom. The number of benzene rings is 2. The number of rotatable bonds is 7. The molecule has 0 fully saturated rings. The number of carbonyl (C=O) groups excluding carboxylic acids is 2. The number of anilines is 1. The Morgan fingerprint density at radius 3 is 2.58 bits per heavy atom. The topological polar surface area (TPSA) is 120 Å². The number of nitrogens with zero attached hydrogens (tertiary/aromatic N) is 2. The van der Waals surface area contributed by atoms with Crippen LogP contribution in [-0.2, 0) is 20.9 Å². The maximum atomic E-state index is 13.5. The first-order chi connectivity index (χ1) is 18.4. The van der Waals surface area contributed by atoms with Crippen molar-refractivity contribution in [3.63, 3.8) is 0 Å². The first kappa shape index (κ1) is 26.2. The van der Waals surface area contributed by atoms with Gasteiger partial charge in [0, 0.05) is 17.5 Å². The van der Waals surface area contributed by atoms with Gasteiger partial charge in [-0.2, -0.15) is 5.26 Å². The van der Waals surface area contributed by atoms with Gasteiger partial charge in [0.05, 0.1) is 48.1 Å². The first-order valence-electron chi connectivity index (χ1n) is 12.0. The zero-order valence-electron chi connectivity index (χ0n) is 21.5. The van der Waals surface area contributed by atoms with Crippen molar-refractivity contribution in [2.75, 3.05) is 19.0 Å². The minimum Gasteiger partial charge on any atom is -0.496 e. The molecule has 0 saturated heterocycles. The molecule has 1 N–H and O–H groups in total. The van der Waals surface area contributed by atoms with Gasteiger partial charge in [0.15, 0.2) is 0 Å². The van der Waals surface area contributed by atoms with Gasteiger partial charge in [-0.15, -0.1) is 0 Å². The highest BCUT2D eigenvalue weighted by molar-refractivity contribution is 5.99. The smallest absolute Gasteiger partial charge is 0.496 e. The van der Waals surface area contributed by atoms with E-state index in [0.717, 1.165) is 16.8 Å². The number of esters is 1. The minimum absolute atomic E-state index is 0.0451. The van der Waals surface area contributed by atoms with Crippen LogP contribution in [-0.4, -0.2) is 30.8 Å². The number of nitriles is 1. The van der Waals surface area contributed by atoms with Crippen LogP contribution in [0.2, 0.25) is 0 Å². The number of ether oxygens (including phenoxy) is 4. The molecule has 9 heteroatoms. The second-order valence-electron chi connectivity index (χ2n) is 8.55. The molecule has 1 aliphatic rings. The molecule has 0 spiro atoms. The van der Waals surface area contributed by atoms with Crippen LogP contribution in [0.15, 0.2) is 66.0 Å². The van der Waals surface area contributed by atoms with E-state index in [1.807, 2.05) is 32.0 Å². The second kappa shape index (κ2) is 11.5. The second-order valence-corrected chi connectivity index (χ2v) is 8.55. The molecule has 0 radical (unpaired) electrons. The number of fused-ring (bicyclic) bond motifs is 1.